The predicted octanol–water partition coefficient (Wildman–Crippen LogP) is 4.90. The summed E-state index contributed by atoms with van der Waals surface area (Å²) >= 11 is 0. The normalized spacial score (nSPS) is 15.0. The summed E-state index contributed by atoms with van der Waals surface area (Å²) in [7, 11) is 1.60. The summed E-state index contributed by atoms with van der Waals surface area (Å²) in [5, 5.41) is 4.23. The van der Waals surface area contributed by atoms with E-state index in [0.29, 0.717) is 0 Å². The predicted molar refractivity (Wildman–Crippen MR) is 100 cm³/mol. The first-order valence-electron chi connectivity index (χ1n) is 8.53. The Morgan fingerprint density at radius 2 is 1.76 bits per heavy atom. The van der Waals surface area contributed by atoms with Gasteiger partial charge in [0.15, 0.2) is 0 Å². The lowest BCUT2D eigenvalue weighted by molar-refractivity contribution is 0.212. The second-order valence-corrected chi connectivity index (χ2v) is 6.11. The monoisotopic (exact) mass is 327 g/mol. The minimum Gasteiger partial charge on any atom is -0.399 e. The van der Waals surface area contributed by atoms with Crippen LogP contribution in [0.3, 0.4) is 0 Å². The Balaban J connectivity index is 1.96. The van der Waals surface area contributed by atoms with Crippen molar-refractivity contribution in [2.45, 2.75) is 19.3 Å². The summed E-state index contributed by atoms with van der Waals surface area (Å²) in [6.07, 6.45) is 2.95. The van der Waals surface area contributed by atoms with Gasteiger partial charge in [0.1, 0.15) is 7.11 Å². The van der Waals surface area contributed by atoms with Gasteiger partial charge in [-0.2, -0.15) is 0 Å². The number of aromatic nitrogens is 1. The topological polar surface area (TPSA) is 34.5 Å². The van der Waals surface area contributed by atoms with Crippen LogP contribution in [-0.4, -0.2) is 17.8 Å². The first-order chi connectivity index (χ1) is 12.4. The molecule has 0 unspecified atom stereocenters. The van der Waals surface area contributed by atoms with E-state index in [1.54, 1.807) is 7.11 Å². The quantitative estimate of drug-likeness (QED) is 0.641. The maximum atomic E-state index is 5.05. The molecular formula is C22H19N2O. The maximum absolute atomic E-state index is 5.05. The summed E-state index contributed by atoms with van der Waals surface area (Å²) in [6, 6.07) is 23.7. The number of nitrogens with zero attached hydrogens (tertiary/aromatic N) is 2. The van der Waals surface area contributed by atoms with Gasteiger partial charge in [-0.15, -0.1) is 0 Å². The standard InChI is InChI=1S/C22H19N2O/c1-25-24-21-14-8-13-20-19(21)15-18(16-9-4-2-5-10-16)22(23-20)17-11-6-3-7-12-17/h2,4-7,9-12,15H,8,13-14H2,1H3. The van der Waals surface area contributed by atoms with E-state index < -0.39 is 0 Å². The number of benzene rings is 2. The Bertz CT molecular complexity index is 902. The molecule has 2 aromatic carbocycles. The van der Waals surface area contributed by atoms with Gasteiger partial charge in [0, 0.05) is 16.7 Å². The molecule has 3 aromatic rings. The molecule has 1 heterocycles. The van der Waals surface area contributed by atoms with Crippen molar-refractivity contribution in [2.24, 2.45) is 5.16 Å². The fraction of sp³-hybridized carbons (Fsp3) is 0.182. The highest BCUT2D eigenvalue weighted by molar-refractivity contribution is 6.03. The number of hydrogen-bond donors (Lipinski definition) is 0. The summed E-state index contributed by atoms with van der Waals surface area (Å²) < 4.78 is 0. The van der Waals surface area contributed by atoms with Crippen molar-refractivity contribution >= 4 is 5.71 Å². The molecule has 1 radical (unpaired) electrons. The third-order valence-electron chi connectivity index (χ3n) is 4.52. The summed E-state index contributed by atoms with van der Waals surface area (Å²) in [4.78, 5) is 10.1. The lowest BCUT2D eigenvalue weighted by Crippen LogP contribution is -2.15. The lowest BCUT2D eigenvalue weighted by Gasteiger charge is -2.20. The zero-order chi connectivity index (χ0) is 17.1. The molecule has 0 fully saturated rings. The van der Waals surface area contributed by atoms with Crippen molar-refractivity contribution in [3.8, 4) is 22.4 Å². The number of pyridine rings is 1. The van der Waals surface area contributed by atoms with Crippen LogP contribution >= 0.6 is 0 Å². The molecule has 1 aromatic heterocycles. The zero-order valence-electron chi connectivity index (χ0n) is 14.2. The average molecular weight is 327 g/mol. The zero-order valence-corrected chi connectivity index (χ0v) is 14.2. The van der Waals surface area contributed by atoms with E-state index in [1.807, 2.05) is 18.2 Å². The van der Waals surface area contributed by atoms with E-state index in [1.165, 1.54) is 0 Å². The Labute approximate surface area is 148 Å². The third kappa shape index (κ3) is 3.05. The number of oxime groups is 1. The maximum Gasteiger partial charge on any atom is 0.106 e. The second kappa shape index (κ2) is 6.89. The molecule has 0 amide bonds. The van der Waals surface area contributed by atoms with Crippen molar-refractivity contribution in [3.05, 3.63) is 78.0 Å². The molecule has 1 aliphatic carbocycles. The third-order valence-corrected chi connectivity index (χ3v) is 4.52. The van der Waals surface area contributed by atoms with Crippen LogP contribution in [0.25, 0.3) is 22.4 Å². The lowest BCUT2D eigenvalue weighted by atomic mass is 9.89. The first-order valence-corrected chi connectivity index (χ1v) is 8.53. The van der Waals surface area contributed by atoms with E-state index in [0.717, 1.165) is 58.6 Å². The molecular weight excluding hydrogens is 308 g/mol. The van der Waals surface area contributed by atoms with Gasteiger partial charge in [-0.3, -0.25) is 4.98 Å². The highest BCUT2D eigenvalue weighted by Crippen LogP contribution is 2.34. The van der Waals surface area contributed by atoms with Crippen molar-refractivity contribution < 1.29 is 4.84 Å². The Hall–Kier alpha value is -2.94. The number of fused-ring (bicyclic) bond motifs is 1. The van der Waals surface area contributed by atoms with E-state index in [2.05, 4.69) is 53.7 Å². The van der Waals surface area contributed by atoms with E-state index in [-0.39, 0.29) is 0 Å². The molecule has 123 valence electrons. The molecule has 4 rings (SSSR count). The molecule has 25 heavy (non-hydrogen) atoms. The molecule has 0 aliphatic heterocycles. The van der Waals surface area contributed by atoms with Crippen LogP contribution in [0.5, 0.6) is 0 Å². The number of hydrogen-bond acceptors (Lipinski definition) is 3. The van der Waals surface area contributed by atoms with Crippen molar-refractivity contribution in [1.82, 2.24) is 4.98 Å². The molecule has 0 atom stereocenters. The van der Waals surface area contributed by atoms with Gasteiger partial charge in [0.05, 0.1) is 17.1 Å². The summed E-state index contributed by atoms with van der Waals surface area (Å²) in [6.45, 7) is 0. The van der Waals surface area contributed by atoms with Crippen LogP contribution in [-0.2, 0) is 11.3 Å². The fourth-order valence-corrected chi connectivity index (χ4v) is 3.36. The van der Waals surface area contributed by atoms with Gasteiger partial charge < -0.3 is 4.84 Å². The van der Waals surface area contributed by atoms with E-state index in [4.69, 9.17) is 9.82 Å². The molecule has 0 N–H and O–H groups in total. The second-order valence-electron chi connectivity index (χ2n) is 6.11. The molecule has 0 saturated carbocycles. The Morgan fingerprint density at radius 1 is 0.960 bits per heavy atom. The van der Waals surface area contributed by atoms with Gasteiger partial charge in [0.2, 0.25) is 0 Å². The summed E-state index contributed by atoms with van der Waals surface area (Å²) in [5.74, 6) is 0. The molecule has 0 bridgehead atoms. The van der Waals surface area contributed by atoms with E-state index in [9.17, 15) is 0 Å². The molecule has 0 spiro atoms. The molecule has 1 aliphatic rings. The van der Waals surface area contributed by atoms with Gasteiger partial charge in [-0.05, 0) is 37.0 Å². The van der Waals surface area contributed by atoms with Gasteiger partial charge in [-0.25, -0.2) is 0 Å². The van der Waals surface area contributed by atoms with Gasteiger partial charge in [-0.1, -0.05) is 59.8 Å². The van der Waals surface area contributed by atoms with Crippen LogP contribution in [0.2, 0.25) is 0 Å². The van der Waals surface area contributed by atoms with E-state index >= 15 is 0 Å². The van der Waals surface area contributed by atoms with Crippen LogP contribution in [0.1, 0.15) is 24.1 Å². The molecule has 3 nitrogen and oxygen atoms in total. The highest BCUT2D eigenvalue weighted by Gasteiger charge is 2.21. The van der Waals surface area contributed by atoms with Crippen LogP contribution < -0.4 is 0 Å². The summed E-state index contributed by atoms with van der Waals surface area (Å²) in [5.41, 5.74) is 7.59. The Morgan fingerprint density at radius 3 is 2.52 bits per heavy atom. The number of aryl methyl sites for hydroxylation is 1. The molecule has 3 heteroatoms. The van der Waals surface area contributed by atoms with Crippen LogP contribution in [0, 0.1) is 6.07 Å². The van der Waals surface area contributed by atoms with Gasteiger partial charge >= 0.3 is 0 Å². The first kappa shape index (κ1) is 15.6. The fourth-order valence-electron chi connectivity index (χ4n) is 3.36. The van der Waals surface area contributed by atoms with Crippen molar-refractivity contribution in [3.63, 3.8) is 0 Å². The van der Waals surface area contributed by atoms with Crippen molar-refractivity contribution in [1.29, 1.82) is 0 Å². The largest absolute Gasteiger partial charge is 0.399 e. The average Bonchev–Trinajstić information content (AvgIpc) is 2.69. The highest BCUT2D eigenvalue weighted by atomic mass is 16.6. The van der Waals surface area contributed by atoms with Crippen LogP contribution in [0.15, 0.2) is 65.8 Å². The minimum atomic E-state index is 0.927. The molecule has 0 saturated heterocycles. The smallest absolute Gasteiger partial charge is 0.106 e. The minimum absolute atomic E-state index is 0.927. The SMILES string of the molecule is CON=C1CCCc2nc(-c3cc[c]cc3)c(-c3ccccc3)cc21. The van der Waals surface area contributed by atoms with Crippen LogP contribution in [0.4, 0.5) is 0 Å². The van der Waals surface area contributed by atoms with Gasteiger partial charge in [0.25, 0.3) is 0 Å². The number of rotatable bonds is 3. The Kier molecular flexibility index (Phi) is 4.30. The van der Waals surface area contributed by atoms with Crippen molar-refractivity contribution in [2.75, 3.05) is 7.11 Å².